The molecule has 29 heavy (non-hydrogen) atoms. The number of nitrogens with zero attached hydrogens (tertiary/aromatic N) is 1. The predicted octanol–water partition coefficient (Wildman–Crippen LogP) is 4.71. The fraction of sp³-hybridized carbons (Fsp3) is 0.458. The lowest BCUT2D eigenvalue weighted by molar-refractivity contribution is -0.143. The Hall–Kier alpha value is -2.53. The molecule has 0 bridgehead atoms. The Kier molecular flexibility index (Phi) is 6.80. The number of piperidine rings is 1. The van der Waals surface area contributed by atoms with E-state index in [-0.39, 0.29) is 12.0 Å². The van der Waals surface area contributed by atoms with Crippen LogP contribution < -0.4 is 9.47 Å². The molecule has 1 aliphatic heterocycles. The first kappa shape index (κ1) is 21.2. The molecular weight excluding hydrogens is 366 g/mol. The molecule has 2 unspecified atom stereocenters. The highest BCUT2D eigenvalue weighted by Gasteiger charge is 2.32. The van der Waals surface area contributed by atoms with Crippen molar-refractivity contribution >= 4 is 5.97 Å². The molecule has 156 valence electrons. The fourth-order valence-electron chi connectivity index (χ4n) is 4.15. The van der Waals surface area contributed by atoms with E-state index in [4.69, 9.17) is 9.47 Å². The van der Waals surface area contributed by atoms with Gasteiger partial charge in [0.05, 0.1) is 26.2 Å². The summed E-state index contributed by atoms with van der Waals surface area (Å²) in [5.74, 6) is 0.928. The smallest absolute Gasteiger partial charge is 0.307 e. The van der Waals surface area contributed by atoms with Crippen LogP contribution in [0.15, 0.2) is 42.5 Å². The van der Waals surface area contributed by atoms with Crippen LogP contribution >= 0.6 is 0 Å². The maximum atomic E-state index is 11.7. The number of likely N-dealkylation sites (tertiary alicyclic amines) is 1. The van der Waals surface area contributed by atoms with E-state index in [0.29, 0.717) is 12.5 Å². The van der Waals surface area contributed by atoms with Crippen molar-refractivity contribution in [1.82, 2.24) is 4.90 Å². The molecule has 0 spiro atoms. The summed E-state index contributed by atoms with van der Waals surface area (Å²) in [7, 11) is 3.32. The van der Waals surface area contributed by atoms with Gasteiger partial charge in [0.15, 0.2) is 0 Å². The molecule has 1 heterocycles. The third kappa shape index (κ3) is 4.73. The summed E-state index contributed by atoms with van der Waals surface area (Å²) in [6.45, 7) is 5.73. The number of benzene rings is 2. The number of carboxylic acid groups (broad SMARTS) is 1. The van der Waals surface area contributed by atoms with Crippen LogP contribution in [-0.4, -0.2) is 43.3 Å². The van der Waals surface area contributed by atoms with E-state index in [2.05, 4.69) is 43.0 Å². The van der Waals surface area contributed by atoms with Gasteiger partial charge in [-0.25, -0.2) is 0 Å². The van der Waals surface area contributed by atoms with Crippen LogP contribution in [0, 0.1) is 5.92 Å². The van der Waals surface area contributed by atoms with E-state index in [9.17, 15) is 9.90 Å². The number of aliphatic carboxylic acids is 1. The fourth-order valence-corrected chi connectivity index (χ4v) is 4.15. The van der Waals surface area contributed by atoms with Gasteiger partial charge in [0.2, 0.25) is 0 Å². The SMILES string of the molecule is COc1ccc(OC)c(C(c2ccc(C(C)C)cc2)N2CCCC(C(=O)O)C2)c1. The molecule has 5 nitrogen and oxygen atoms in total. The largest absolute Gasteiger partial charge is 0.497 e. The van der Waals surface area contributed by atoms with Gasteiger partial charge in [-0.3, -0.25) is 9.69 Å². The van der Waals surface area contributed by atoms with Gasteiger partial charge >= 0.3 is 5.97 Å². The Balaban J connectivity index is 2.08. The number of ether oxygens (including phenoxy) is 2. The van der Waals surface area contributed by atoms with Crippen LogP contribution in [0.5, 0.6) is 11.5 Å². The van der Waals surface area contributed by atoms with Crippen LogP contribution in [-0.2, 0) is 4.79 Å². The highest BCUT2D eigenvalue weighted by molar-refractivity contribution is 5.70. The van der Waals surface area contributed by atoms with E-state index < -0.39 is 5.97 Å². The topological polar surface area (TPSA) is 59.0 Å². The lowest BCUT2D eigenvalue weighted by atomic mass is 9.90. The second kappa shape index (κ2) is 9.31. The highest BCUT2D eigenvalue weighted by atomic mass is 16.5. The third-order valence-corrected chi connectivity index (χ3v) is 5.82. The Labute approximate surface area is 173 Å². The lowest BCUT2D eigenvalue weighted by Crippen LogP contribution is -2.41. The Morgan fingerprint density at radius 2 is 1.76 bits per heavy atom. The minimum atomic E-state index is -0.721. The van der Waals surface area contributed by atoms with E-state index in [1.807, 2.05) is 18.2 Å². The average Bonchev–Trinajstić information content (AvgIpc) is 2.74. The summed E-state index contributed by atoms with van der Waals surface area (Å²) in [5.41, 5.74) is 3.41. The molecule has 0 saturated carbocycles. The van der Waals surface area contributed by atoms with Crippen molar-refractivity contribution in [3.63, 3.8) is 0 Å². The second-order valence-electron chi connectivity index (χ2n) is 8.00. The molecule has 2 atom stereocenters. The van der Waals surface area contributed by atoms with Gasteiger partial charge in [0.1, 0.15) is 11.5 Å². The van der Waals surface area contributed by atoms with Gasteiger partial charge < -0.3 is 14.6 Å². The highest BCUT2D eigenvalue weighted by Crippen LogP contribution is 2.39. The van der Waals surface area contributed by atoms with Crippen molar-refractivity contribution in [2.45, 2.75) is 38.6 Å². The Bertz CT molecular complexity index is 831. The summed E-state index contributed by atoms with van der Waals surface area (Å²) in [5, 5.41) is 9.59. The summed E-state index contributed by atoms with van der Waals surface area (Å²) in [6.07, 6.45) is 1.59. The van der Waals surface area contributed by atoms with Crippen molar-refractivity contribution in [1.29, 1.82) is 0 Å². The van der Waals surface area contributed by atoms with Crippen molar-refractivity contribution in [3.8, 4) is 11.5 Å². The third-order valence-electron chi connectivity index (χ3n) is 5.82. The number of hydrogen-bond donors (Lipinski definition) is 1. The number of carboxylic acids is 1. The molecule has 1 saturated heterocycles. The quantitative estimate of drug-likeness (QED) is 0.733. The minimum Gasteiger partial charge on any atom is -0.497 e. The van der Waals surface area contributed by atoms with Crippen LogP contribution in [0.3, 0.4) is 0 Å². The Morgan fingerprint density at radius 3 is 2.34 bits per heavy atom. The summed E-state index contributed by atoms with van der Waals surface area (Å²) in [6, 6.07) is 14.4. The van der Waals surface area contributed by atoms with Gasteiger partial charge in [0, 0.05) is 12.1 Å². The molecule has 0 aliphatic carbocycles. The van der Waals surface area contributed by atoms with E-state index in [0.717, 1.165) is 42.0 Å². The maximum Gasteiger partial charge on any atom is 0.307 e. The van der Waals surface area contributed by atoms with Gasteiger partial charge in [-0.05, 0) is 54.6 Å². The van der Waals surface area contributed by atoms with E-state index >= 15 is 0 Å². The first-order valence-electron chi connectivity index (χ1n) is 10.2. The first-order valence-corrected chi connectivity index (χ1v) is 10.2. The summed E-state index contributed by atoms with van der Waals surface area (Å²) in [4.78, 5) is 13.9. The van der Waals surface area contributed by atoms with Crippen LogP contribution in [0.2, 0.25) is 0 Å². The van der Waals surface area contributed by atoms with Crippen LogP contribution in [0.1, 0.15) is 55.3 Å². The standard InChI is InChI=1S/C24H31NO4/c1-16(2)17-7-9-18(10-8-17)23(25-13-5-6-19(15-25)24(26)27)21-14-20(28-3)11-12-22(21)29-4/h7-12,14,16,19,23H,5-6,13,15H2,1-4H3,(H,26,27). The minimum absolute atomic E-state index is 0.0941. The summed E-state index contributed by atoms with van der Waals surface area (Å²) >= 11 is 0. The molecule has 3 rings (SSSR count). The predicted molar refractivity (Wildman–Crippen MR) is 114 cm³/mol. The zero-order chi connectivity index (χ0) is 21.0. The molecule has 2 aromatic rings. The number of carbonyl (C=O) groups is 1. The molecule has 0 amide bonds. The lowest BCUT2D eigenvalue weighted by Gasteiger charge is -2.38. The summed E-state index contributed by atoms with van der Waals surface area (Å²) < 4.78 is 11.1. The van der Waals surface area contributed by atoms with Crippen molar-refractivity contribution in [2.75, 3.05) is 27.3 Å². The molecule has 1 N–H and O–H groups in total. The molecule has 0 radical (unpaired) electrons. The van der Waals surface area contributed by atoms with E-state index in [1.165, 1.54) is 5.56 Å². The number of rotatable bonds is 7. The zero-order valence-corrected chi connectivity index (χ0v) is 17.7. The van der Waals surface area contributed by atoms with Gasteiger partial charge in [-0.1, -0.05) is 38.1 Å². The number of hydrogen-bond acceptors (Lipinski definition) is 4. The Morgan fingerprint density at radius 1 is 1.07 bits per heavy atom. The monoisotopic (exact) mass is 397 g/mol. The molecule has 2 aromatic carbocycles. The van der Waals surface area contributed by atoms with Crippen molar-refractivity contribution < 1.29 is 19.4 Å². The van der Waals surface area contributed by atoms with Crippen molar-refractivity contribution in [2.24, 2.45) is 5.92 Å². The molecule has 5 heteroatoms. The maximum absolute atomic E-state index is 11.7. The molecule has 0 aromatic heterocycles. The van der Waals surface area contributed by atoms with Crippen LogP contribution in [0.4, 0.5) is 0 Å². The van der Waals surface area contributed by atoms with Gasteiger partial charge in [0.25, 0.3) is 0 Å². The van der Waals surface area contributed by atoms with Gasteiger partial charge in [-0.15, -0.1) is 0 Å². The van der Waals surface area contributed by atoms with Crippen LogP contribution in [0.25, 0.3) is 0 Å². The van der Waals surface area contributed by atoms with Gasteiger partial charge in [-0.2, -0.15) is 0 Å². The zero-order valence-electron chi connectivity index (χ0n) is 17.7. The van der Waals surface area contributed by atoms with E-state index in [1.54, 1.807) is 14.2 Å². The first-order chi connectivity index (χ1) is 13.9. The normalized spacial score (nSPS) is 18.4. The average molecular weight is 398 g/mol. The molecule has 1 aliphatic rings. The molecule has 1 fully saturated rings. The second-order valence-corrected chi connectivity index (χ2v) is 8.00. The molecular formula is C24H31NO4. The number of methoxy groups -OCH3 is 2. The van der Waals surface area contributed by atoms with Crippen molar-refractivity contribution in [3.05, 3.63) is 59.2 Å².